The molecule has 0 fully saturated rings. The van der Waals surface area contributed by atoms with Crippen molar-refractivity contribution in [1.29, 1.82) is 0 Å². The average Bonchev–Trinajstić information content (AvgIpc) is 2.81. The Morgan fingerprint density at radius 2 is 2.17 bits per heavy atom. The molecule has 0 unspecified atom stereocenters. The van der Waals surface area contributed by atoms with E-state index in [0.29, 0.717) is 6.61 Å². The highest BCUT2D eigenvalue weighted by molar-refractivity contribution is 5.84. The van der Waals surface area contributed by atoms with Gasteiger partial charge in [-0.25, -0.2) is 0 Å². The number of fused-ring (bicyclic) bond motifs is 1. The molecule has 94 valence electrons. The van der Waals surface area contributed by atoms with Gasteiger partial charge in [-0.3, -0.25) is 4.79 Å². The zero-order valence-electron chi connectivity index (χ0n) is 10.9. The largest absolute Gasteiger partial charge is 0.488 e. The van der Waals surface area contributed by atoms with Crippen LogP contribution in [-0.2, 0) is 6.42 Å². The summed E-state index contributed by atoms with van der Waals surface area (Å²) in [6, 6.07) is 3.83. The smallest absolute Gasteiger partial charge is 0.150 e. The molecule has 2 heteroatoms. The summed E-state index contributed by atoms with van der Waals surface area (Å²) in [7, 11) is 0. The van der Waals surface area contributed by atoms with E-state index in [-0.39, 0.29) is 0 Å². The van der Waals surface area contributed by atoms with E-state index < -0.39 is 0 Å². The minimum absolute atomic E-state index is 0.596. The van der Waals surface area contributed by atoms with Crippen LogP contribution in [0.15, 0.2) is 30.4 Å². The third-order valence-corrected chi connectivity index (χ3v) is 3.09. The van der Waals surface area contributed by atoms with E-state index in [1.54, 1.807) is 0 Å². The van der Waals surface area contributed by atoms with Crippen LogP contribution in [0.5, 0.6) is 5.75 Å². The van der Waals surface area contributed by atoms with Crippen molar-refractivity contribution in [3.8, 4) is 5.75 Å². The topological polar surface area (TPSA) is 26.3 Å². The number of carbonyl (C=O) groups is 1. The van der Waals surface area contributed by atoms with Crippen LogP contribution in [0.1, 0.15) is 41.8 Å². The van der Waals surface area contributed by atoms with Gasteiger partial charge in [0.2, 0.25) is 0 Å². The zero-order chi connectivity index (χ0) is 13.0. The van der Waals surface area contributed by atoms with Crippen molar-refractivity contribution >= 4 is 11.9 Å². The van der Waals surface area contributed by atoms with Crippen molar-refractivity contribution in [2.24, 2.45) is 0 Å². The zero-order valence-corrected chi connectivity index (χ0v) is 10.9. The summed E-state index contributed by atoms with van der Waals surface area (Å²) in [5.41, 5.74) is 4.05. The van der Waals surface area contributed by atoms with Gasteiger partial charge in [-0.2, -0.15) is 0 Å². The van der Waals surface area contributed by atoms with E-state index in [4.69, 9.17) is 4.74 Å². The lowest BCUT2D eigenvalue weighted by Crippen LogP contribution is -1.92. The third-order valence-electron chi connectivity index (χ3n) is 3.09. The molecule has 0 radical (unpaired) electrons. The normalized spacial score (nSPS) is 16.0. The summed E-state index contributed by atoms with van der Waals surface area (Å²) < 4.78 is 5.75. The van der Waals surface area contributed by atoms with Crippen molar-refractivity contribution < 1.29 is 9.53 Å². The number of rotatable bonds is 4. The summed E-state index contributed by atoms with van der Waals surface area (Å²) in [6.45, 7) is 4.78. The van der Waals surface area contributed by atoms with E-state index in [0.717, 1.165) is 47.1 Å². The van der Waals surface area contributed by atoms with E-state index in [1.165, 1.54) is 0 Å². The first-order valence-electron chi connectivity index (χ1n) is 6.41. The molecule has 0 saturated carbocycles. The first kappa shape index (κ1) is 12.6. The molecule has 0 atom stereocenters. The fourth-order valence-corrected chi connectivity index (χ4v) is 2.14. The summed E-state index contributed by atoms with van der Waals surface area (Å²) in [4.78, 5) is 11.0. The van der Waals surface area contributed by atoms with Gasteiger partial charge in [0.1, 0.15) is 18.6 Å². The molecule has 1 heterocycles. The Kier molecular flexibility index (Phi) is 3.98. The van der Waals surface area contributed by atoms with Gasteiger partial charge < -0.3 is 4.74 Å². The van der Waals surface area contributed by atoms with Gasteiger partial charge in [0.25, 0.3) is 0 Å². The van der Waals surface area contributed by atoms with Gasteiger partial charge in [-0.1, -0.05) is 32.1 Å². The predicted molar refractivity (Wildman–Crippen MR) is 74.1 cm³/mol. The van der Waals surface area contributed by atoms with Crippen LogP contribution in [0.25, 0.3) is 5.57 Å². The second-order valence-electron chi connectivity index (χ2n) is 4.35. The maximum Gasteiger partial charge on any atom is 0.150 e. The van der Waals surface area contributed by atoms with Crippen molar-refractivity contribution in [2.75, 3.05) is 6.61 Å². The number of ether oxygens (including phenoxy) is 1. The van der Waals surface area contributed by atoms with E-state index in [9.17, 15) is 4.79 Å². The number of hydrogen-bond donors (Lipinski definition) is 0. The van der Waals surface area contributed by atoms with Gasteiger partial charge in [0, 0.05) is 16.7 Å². The van der Waals surface area contributed by atoms with Gasteiger partial charge in [-0.05, 0) is 30.5 Å². The van der Waals surface area contributed by atoms with E-state index in [2.05, 4.69) is 26.0 Å². The highest BCUT2D eigenvalue weighted by Gasteiger charge is 2.20. The molecule has 0 N–H and O–H groups in total. The Morgan fingerprint density at radius 3 is 2.83 bits per heavy atom. The number of carbonyl (C=O) groups excluding carboxylic acids is 1. The first-order chi connectivity index (χ1) is 8.80. The lowest BCUT2D eigenvalue weighted by Gasteiger charge is -2.06. The van der Waals surface area contributed by atoms with E-state index >= 15 is 0 Å². The average molecular weight is 242 g/mol. The van der Waals surface area contributed by atoms with Crippen LogP contribution in [0.3, 0.4) is 0 Å². The Hall–Kier alpha value is -1.83. The fourth-order valence-electron chi connectivity index (χ4n) is 2.14. The molecule has 1 aliphatic heterocycles. The minimum Gasteiger partial charge on any atom is -0.488 e. The molecular formula is C16H18O2. The van der Waals surface area contributed by atoms with Crippen molar-refractivity contribution in [1.82, 2.24) is 0 Å². The molecule has 0 aliphatic carbocycles. The molecule has 0 saturated heterocycles. The van der Waals surface area contributed by atoms with Crippen LogP contribution in [0.4, 0.5) is 0 Å². The Morgan fingerprint density at radius 1 is 1.33 bits per heavy atom. The summed E-state index contributed by atoms with van der Waals surface area (Å²) in [5, 5.41) is 0. The molecule has 2 nitrogen and oxygen atoms in total. The quantitative estimate of drug-likeness (QED) is 0.751. The molecule has 0 aromatic heterocycles. The summed E-state index contributed by atoms with van der Waals surface area (Å²) in [5.74, 6) is 0.944. The number of aldehydes is 1. The molecule has 1 aliphatic rings. The third kappa shape index (κ3) is 2.37. The van der Waals surface area contributed by atoms with Crippen molar-refractivity contribution in [3.05, 3.63) is 47.1 Å². The number of allylic oxidation sites excluding steroid dienone is 3. The first-order valence-corrected chi connectivity index (χ1v) is 6.41. The molecule has 1 aromatic carbocycles. The number of aryl methyl sites for hydroxylation is 1. The lowest BCUT2D eigenvalue weighted by atomic mass is 9.99. The molecule has 0 bridgehead atoms. The summed E-state index contributed by atoms with van der Waals surface area (Å²) >= 11 is 0. The number of hydrogen-bond acceptors (Lipinski definition) is 2. The van der Waals surface area contributed by atoms with Crippen LogP contribution in [0, 0.1) is 0 Å². The second-order valence-corrected chi connectivity index (χ2v) is 4.35. The van der Waals surface area contributed by atoms with Crippen molar-refractivity contribution in [2.45, 2.75) is 26.7 Å². The molecule has 0 spiro atoms. The lowest BCUT2D eigenvalue weighted by molar-refractivity contribution is 0.112. The van der Waals surface area contributed by atoms with Gasteiger partial charge >= 0.3 is 0 Å². The Labute approximate surface area is 108 Å². The number of benzene rings is 1. The standard InChI is InChI=1S/C16H18O2/c1-3-5-6-7-14-11-18-16-13(4-2)8-12(10-17)9-15(14)16/h5-10H,3-4,11H2,1-2H3/b6-5-,14-7+. The van der Waals surface area contributed by atoms with E-state index in [1.807, 2.05) is 18.2 Å². The highest BCUT2D eigenvalue weighted by atomic mass is 16.5. The minimum atomic E-state index is 0.596. The Bertz CT molecular complexity index is 510. The summed E-state index contributed by atoms with van der Waals surface area (Å²) in [6.07, 6.45) is 9.02. The molecule has 18 heavy (non-hydrogen) atoms. The molecule has 2 rings (SSSR count). The van der Waals surface area contributed by atoms with Gasteiger partial charge in [0.05, 0.1) is 0 Å². The fraction of sp³-hybridized carbons (Fsp3) is 0.312. The van der Waals surface area contributed by atoms with Crippen molar-refractivity contribution in [3.63, 3.8) is 0 Å². The second kappa shape index (κ2) is 5.67. The molecule has 0 amide bonds. The maximum absolute atomic E-state index is 11.0. The SMILES string of the molecule is CC/C=C\C=C1/COc2c(CC)cc(C=O)cc21. The van der Waals surface area contributed by atoms with Crippen LogP contribution in [0.2, 0.25) is 0 Å². The predicted octanol–water partition coefficient (Wildman–Crippen LogP) is 3.80. The van der Waals surface area contributed by atoms with Crippen LogP contribution >= 0.6 is 0 Å². The maximum atomic E-state index is 11.0. The highest BCUT2D eigenvalue weighted by Crippen LogP contribution is 2.37. The monoisotopic (exact) mass is 242 g/mol. The molecule has 1 aromatic rings. The van der Waals surface area contributed by atoms with Gasteiger partial charge in [-0.15, -0.1) is 0 Å². The van der Waals surface area contributed by atoms with Crippen LogP contribution < -0.4 is 4.74 Å². The van der Waals surface area contributed by atoms with Crippen LogP contribution in [-0.4, -0.2) is 12.9 Å². The molecular weight excluding hydrogens is 224 g/mol. The van der Waals surface area contributed by atoms with Gasteiger partial charge in [0.15, 0.2) is 0 Å². The Balaban J connectivity index is 2.45.